The second-order valence-electron chi connectivity index (χ2n) is 4.25. The third-order valence-electron chi connectivity index (χ3n) is 2.99. The Hall–Kier alpha value is -1.29. The normalized spacial score (nSPS) is 10.8. The Bertz CT molecular complexity index is 548. The van der Waals surface area contributed by atoms with Gasteiger partial charge in [-0.3, -0.25) is 4.79 Å². The molecule has 1 aromatic carbocycles. The lowest BCUT2D eigenvalue weighted by molar-refractivity contribution is -0.140. The average Bonchev–Trinajstić information content (AvgIpc) is 2.76. The summed E-state index contributed by atoms with van der Waals surface area (Å²) in [4.78, 5) is 11.0. The topological polar surface area (TPSA) is 31.2 Å². The molecular weight excluding hydrogens is 294 g/mol. The SMILES string of the molecule is COC(=O)CCCCn1ccc2cc(Br)ccc21. The Morgan fingerprint density at radius 2 is 2.17 bits per heavy atom. The van der Waals surface area contributed by atoms with Crippen molar-refractivity contribution in [2.24, 2.45) is 0 Å². The van der Waals surface area contributed by atoms with Gasteiger partial charge in [-0.25, -0.2) is 0 Å². The molecule has 1 aromatic heterocycles. The first-order valence-electron chi connectivity index (χ1n) is 6.02. The van der Waals surface area contributed by atoms with Gasteiger partial charge in [0.15, 0.2) is 0 Å². The van der Waals surface area contributed by atoms with Crippen molar-refractivity contribution in [3.8, 4) is 0 Å². The van der Waals surface area contributed by atoms with Crippen LogP contribution >= 0.6 is 15.9 Å². The number of carbonyl (C=O) groups is 1. The molecule has 0 aliphatic carbocycles. The summed E-state index contributed by atoms with van der Waals surface area (Å²) in [6, 6.07) is 8.38. The maximum atomic E-state index is 11.0. The van der Waals surface area contributed by atoms with Crippen molar-refractivity contribution in [1.29, 1.82) is 0 Å². The number of methoxy groups -OCH3 is 1. The Morgan fingerprint density at radius 1 is 1.33 bits per heavy atom. The van der Waals surface area contributed by atoms with Crippen LogP contribution in [0.3, 0.4) is 0 Å². The number of ether oxygens (including phenoxy) is 1. The van der Waals surface area contributed by atoms with E-state index in [1.807, 2.05) is 6.07 Å². The lowest BCUT2D eigenvalue weighted by atomic mass is 10.2. The molecule has 0 unspecified atom stereocenters. The summed E-state index contributed by atoms with van der Waals surface area (Å²) in [6.07, 6.45) is 4.44. The highest BCUT2D eigenvalue weighted by atomic mass is 79.9. The summed E-state index contributed by atoms with van der Waals surface area (Å²) in [7, 11) is 1.43. The van der Waals surface area contributed by atoms with Gasteiger partial charge in [0.1, 0.15) is 0 Å². The minimum Gasteiger partial charge on any atom is -0.469 e. The number of unbranched alkanes of at least 4 members (excludes halogenated alkanes) is 1. The van der Waals surface area contributed by atoms with Crippen molar-refractivity contribution in [2.75, 3.05) is 7.11 Å². The maximum Gasteiger partial charge on any atom is 0.305 e. The third kappa shape index (κ3) is 3.13. The molecule has 3 nitrogen and oxygen atoms in total. The van der Waals surface area contributed by atoms with Gasteiger partial charge in [0.2, 0.25) is 0 Å². The van der Waals surface area contributed by atoms with Crippen LogP contribution in [-0.2, 0) is 16.1 Å². The fraction of sp³-hybridized carbons (Fsp3) is 0.357. The molecule has 0 atom stereocenters. The zero-order valence-corrected chi connectivity index (χ0v) is 11.9. The van der Waals surface area contributed by atoms with E-state index in [9.17, 15) is 4.79 Å². The van der Waals surface area contributed by atoms with E-state index in [0.717, 1.165) is 23.9 Å². The molecule has 18 heavy (non-hydrogen) atoms. The molecular formula is C14H16BrNO2. The first-order chi connectivity index (χ1) is 8.70. The van der Waals surface area contributed by atoms with Crippen LogP contribution < -0.4 is 0 Å². The van der Waals surface area contributed by atoms with E-state index < -0.39 is 0 Å². The van der Waals surface area contributed by atoms with Crippen molar-refractivity contribution in [1.82, 2.24) is 4.57 Å². The number of hydrogen-bond donors (Lipinski definition) is 0. The fourth-order valence-corrected chi connectivity index (χ4v) is 2.40. The molecule has 0 bridgehead atoms. The zero-order chi connectivity index (χ0) is 13.0. The number of nitrogens with zero attached hydrogens (tertiary/aromatic N) is 1. The Kier molecular flexibility index (Phi) is 4.42. The molecule has 0 aliphatic heterocycles. The Balaban J connectivity index is 1.94. The number of esters is 1. The number of rotatable bonds is 5. The largest absolute Gasteiger partial charge is 0.469 e. The first kappa shape index (κ1) is 13.1. The van der Waals surface area contributed by atoms with Crippen molar-refractivity contribution in [2.45, 2.75) is 25.8 Å². The second kappa shape index (κ2) is 6.05. The highest BCUT2D eigenvalue weighted by molar-refractivity contribution is 9.10. The lowest BCUT2D eigenvalue weighted by Gasteiger charge is -2.05. The number of aromatic nitrogens is 1. The summed E-state index contributed by atoms with van der Waals surface area (Å²) in [5, 5.41) is 1.23. The number of carbonyl (C=O) groups excluding carboxylic acids is 1. The molecule has 1 heterocycles. The number of hydrogen-bond acceptors (Lipinski definition) is 2. The standard InChI is InChI=1S/C14H16BrNO2/c1-18-14(17)4-2-3-8-16-9-7-11-10-12(15)5-6-13(11)16/h5-7,9-10H,2-4,8H2,1H3. The molecule has 0 amide bonds. The number of aryl methyl sites for hydroxylation is 1. The van der Waals surface area contributed by atoms with Crippen LogP contribution in [0.1, 0.15) is 19.3 Å². The molecule has 0 saturated heterocycles. The van der Waals surface area contributed by atoms with Gasteiger partial charge < -0.3 is 9.30 Å². The van der Waals surface area contributed by atoms with Crippen molar-refractivity contribution in [3.63, 3.8) is 0 Å². The van der Waals surface area contributed by atoms with Gasteiger partial charge in [-0.15, -0.1) is 0 Å². The van der Waals surface area contributed by atoms with E-state index in [-0.39, 0.29) is 5.97 Å². The maximum absolute atomic E-state index is 11.0. The fourth-order valence-electron chi connectivity index (χ4n) is 2.02. The zero-order valence-electron chi connectivity index (χ0n) is 10.4. The van der Waals surface area contributed by atoms with E-state index in [2.05, 4.69) is 49.6 Å². The van der Waals surface area contributed by atoms with Crippen LogP contribution in [0.25, 0.3) is 10.9 Å². The first-order valence-corrected chi connectivity index (χ1v) is 6.81. The smallest absolute Gasteiger partial charge is 0.305 e. The minimum atomic E-state index is -0.128. The molecule has 0 fully saturated rings. The van der Waals surface area contributed by atoms with Crippen LogP contribution in [0.15, 0.2) is 34.9 Å². The van der Waals surface area contributed by atoms with Crippen molar-refractivity contribution >= 4 is 32.8 Å². The van der Waals surface area contributed by atoms with E-state index in [1.165, 1.54) is 18.0 Å². The van der Waals surface area contributed by atoms with Crippen LogP contribution in [0.2, 0.25) is 0 Å². The highest BCUT2D eigenvalue weighted by Crippen LogP contribution is 2.21. The van der Waals surface area contributed by atoms with Gasteiger partial charge in [-0.1, -0.05) is 15.9 Å². The quantitative estimate of drug-likeness (QED) is 0.622. The minimum absolute atomic E-state index is 0.128. The van der Waals surface area contributed by atoms with Gasteiger partial charge in [0.05, 0.1) is 7.11 Å². The monoisotopic (exact) mass is 309 g/mol. The number of benzene rings is 1. The van der Waals surface area contributed by atoms with Crippen molar-refractivity contribution in [3.05, 3.63) is 34.9 Å². The second-order valence-corrected chi connectivity index (χ2v) is 5.16. The molecule has 0 aliphatic rings. The van der Waals surface area contributed by atoms with Crippen LogP contribution in [0.5, 0.6) is 0 Å². The molecule has 2 rings (SSSR count). The molecule has 2 aromatic rings. The van der Waals surface area contributed by atoms with Crippen LogP contribution in [0.4, 0.5) is 0 Å². The molecule has 0 radical (unpaired) electrons. The Labute approximate surface area is 115 Å². The van der Waals surface area contributed by atoms with Gasteiger partial charge in [-0.2, -0.15) is 0 Å². The van der Waals surface area contributed by atoms with E-state index >= 15 is 0 Å². The van der Waals surface area contributed by atoms with Gasteiger partial charge in [0, 0.05) is 34.5 Å². The summed E-state index contributed by atoms with van der Waals surface area (Å²) in [5.41, 5.74) is 1.23. The number of fused-ring (bicyclic) bond motifs is 1. The van der Waals surface area contributed by atoms with Crippen LogP contribution in [-0.4, -0.2) is 17.6 Å². The van der Waals surface area contributed by atoms with Gasteiger partial charge in [-0.05, 0) is 37.1 Å². The van der Waals surface area contributed by atoms with E-state index in [1.54, 1.807) is 0 Å². The average molecular weight is 310 g/mol. The molecule has 96 valence electrons. The Morgan fingerprint density at radius 3 is 2.94 bits per heavy atom. The molecule has 4 heteroatoms. The summed E-state index contributed by atoms with van der Waals surface area (Å²) in [6.45, 7) is 0.933. The predicted octanol–water partition coefficient (Wildman–Crippen LogP) is 3.75. The summed E-state index contributed by atoms with van der Waals surface area (Å²) in [5.74, 6) is -0.128. The van der Waals surface area contributed by atoms with Gasteiger partial charge >= 0.3 is 5.97 Å². The van der Waals surface area contributed by atoms with E-state index in [4.69, 9.17) is 0 Å². The summed E-state index contributed by atoms with van der Waals surface area (Å²) < 4.78 is 7.94. The molecule has 0 N–H and O–H groups in total. The molecule has 0 saturated carbocycles. The van der Waals surface area contributed by atoms with E-state index in [0.29, 0.717) is 6.42 Å². The summed E-state index contributed by atoms with van der Waals surface area (Å²) >= 11 is 3.47. The molecule has 0 spiro atoms. The van der Waals surface area contributed by atoms with Crippen LogP contribution in [0, 0.1) is 0 Å². The van der Waals surface area contributed by atoms with Crippen molar-refractivity contribution < 1.29 is 9.53 Å². The number of halogens is 1. The van der Waals surface area contributed by atoms with Gasteiger partial charge in [0.25, 0.3) is 0 Å². The predicted molar refractivity (Wildman–Crippen MR) is 75.5 cm³/mol. The highest BCUT2D eigenvalue weighted by Gasteiger charge is 2.03. The third-order valence-corrected chi connectivity index (χ3v) is 3.48. The lowest BCUT2D eigenvalue weighted by Crippen LogP contribution is -2.01.